The zero-order valence-corrected chi connectivity index (χ0v) is 7.39. The van der Waals surface area contributed by atoms with Crippen molar-refractivity contribution < 1.29 is 4.79 Å². The fourth-order valence-corrected chi connectivity index (χ4v) is 1.04. The van der Waals surface area contributed by atoms with Gasteiger partial charge in [-0.2, -0.15) is 0 Å². The third-order valence-electron chi connectivity index (χ3n) is 1.79. The molecule has 0 amide bonds. The van der Waals surface area contributed by atoms with Crippen LogP contribution in [0, 0.1) is 18.3 Å². The summed E-state index contributed by atoms with van der Waals surface area (Å²) in [5, 5.41) is 0. The van der Waals surface area contributed by atoms with Crippen LogP contribution in [0.1, 0.15) is 39.5 Å². The predicted molar refractivity (Wildman–Crippen MR) is 47.1 cm³/mol. The van der Waals surface area contributed by atoms with Gasteiger partial charge in [-0.05, 0) is 6.42 Å². The molecule has 0 radical (unpaired) electrons. The summed E-state index contributed by atoms with van der Waals surface area (Å²) < 4.78 is 0. The molecule has 0 saturated heterocycles. The molecule has 1 nitrogen and oxygen atoms in total. The minimum Gasteiger partial charge on any atom is -0.299 e. The SMILES string of the molecule is C#CCCC(=O)C(C)CCC. The van der Waals surface area contributed by atoms with Gasteiger partial charge in [0.25, 0.3) is 0 Å². The van der Waals surface area contributed by atoms with Crippen molar-refractivity contribution in [3.63, 3.8) is 0 Å². The highest BCUT2D eigenvalue weighted by molar-refractivity contribution is 5.80. The number of rotatable bonds is 5. The second-order valence-electron chi connectivity index (χ2n) is 2.86. The summed E-state index contributed by atoms with van der Waals surface area (Å²) in [6.07, 6.45) is 8.25. The van der Waals surface area contributed by atoms with Crippen LogP contribution >= 0.6 is 0 Å². The van der Waals surface area contributed by atoms with E-state index in [9.17, 15) is 4.79 Å². The molecule has 11 heavy (non-hydrogen) atoms. The lowest BCUT2D eigenvalue weighted by Gasteiger charge is -2.06. The molecule has 0 aromatic carbocycles. The van der Waals surface area contributed by atoms with E-state index < -0.39 is 0 Å². The van der Waals surface area contributed by atoms with Crippen LogP contribution in [0.5, 0.6) is 0 Å². The minimum atomic E-state index is 0.202. The van der Waals surface area contributed by atoms with Crippen LogP contribution in [0.15, 0.2) is 0 Å². The first-order valence-corrected chi connectivity index (χ1v) is 4.18. The second kappa shape index (κ2) is 5.97. The quantitative estimate of drug-likeness (QED) is 0.553. The van der Waals surface area contributed by atoms with Crippen molar-refractivity contribution in [2.75, 3.05) is 0 Å². The van der Waals surface area contributed by atoms with E-state index in [1.807, 2.05) is 6.92 Å². The van der Waals surface area contributed by atoms with Crippen molar-refractivity contribution in [3.8, 4) is 12.3 Å². The van der Waals surface area contributed by atoms with Crippen LogP contribution in [0.3, 0.4) is 0 Å². The Bertz CT molecular complexity index is 153. The Hall–Kier alpha value is -0.770. The molecule has 0 bridgehead atoms. The fourth-order valence-electron chi connectivity index (χ4n) is 1.04. The summed E-state index contributed by atoms with van der Waals surface area (Å²) in [5.74, 6) is 2.99. The number of terminal acetylenes is 1. The highest BCUT2D eigenvalue weighted by Gasteiger charge is 2.09. The number of Topliss-reactive ketones (excluding diaryl/α,β-unsaturated/α-hetero) is 1. The molecular formula is C10H16O. The fraction of sp³-hybridized carbons (Fsp3) is 0.700. The lowest BCUT2D eigenvalue weighted by atomic mass is 9.98. The monoisotopic (exact) mass is 152 g/mol. The molecule has 0 heterocycles. The van der Waals surface area contributed by atoms with Gasteiger partial charge in [0.2, 0.25) is 0 Å². The van der Waals surface area contributed by atoms with Crippen molar-refractivity contribution in [1.82, 2.24) is 0 Å². The Morgan fingerprint density at radius 2 is 2.27 bits per heavy atom. The number of carbonyl (C=O) groups is 1. The maximum Gasteiger partial charge on any atom is 0.136 e. The van der Waals surface area contributed by atoms with Gasteiger partial charge in [0.15, 0.2) is 0 Å². The largest absolute Gasteiger partial charge is 0.299 e. The third kappa shape index (κ3) is 4.61. The Kier molecular flexibility index (Phi) is 5.56. The molecule has 0 aromatic heterocycles. The van der Waals surface area contributed by atoms with Crippen molar-refractivity contribution >= 4 is 5.78 Å². The molecule has 0 saturated carbocycles. The highest BCUT2D eigenvalue weighted by Crippen LogP contribution is 2.09. The molecule has 0 fully saturated rings. The number of hydrogen-bond donors (Lipinski definition) is 0. The number of hydrogen-bond acceptors (Lipinski definition) is 1. The number of carbonyl (C=O) groups excluding carboxylic acids is 1. The molecule has 0 aliphatic heterocycles. The summed E-state index contributed by atoms with van der Waals surface area (Å²) in [4.78, 5) is 11.2. The Morgan fingerprint density at radius 1 is 1.64 bits per heavy atom. The summed E-state index contributed by atoms with van der Waals surface area (Å²) in [7, 11) is 0. The van der Waals surface area contributed by atoms with E-state index in [0.29, 0.717) is 18.6 Å². The normalized spacial score (nSPS) is 12.1. The molecule has 1 atom stereocenters. The van der Waals surface area contributed by atoms with Gasteiger partial charge in [-0.3, -0.25) is 4.79 Å². The zero-order chi connectivity index (χ0) is 8.69. The topological polar surface area (TPSA) is 17.1 Å². The summed E-state index contributed by atoms with van der Waals surface area (Å²) in [5.41, 5.74) is 0. The van der Waals surface area contributed by atoms with E-state index in [0.717, 1.165) is 12.8 Å². The van der Waals surface area contributed by atoms with E-state index in [2.05, 4.69) is 12.8 Å². The van der Waals surface area contributed by atoms with Crippen molar-refractivity contribution in [1.29, 1.82) is 0 Å². The standard InChI is InChI=1S/C10H16O/c1-4-6-8-10(11)9(3)7-5-2/h1,9H,5-8H2,2-3H3. The van der Waals surface area contributed by atoms with Crippen molar-refractivity contribution in [2.24, 2.45) is 5.92 Å². The van der Waals surface area contributed by atoms with Gasteiger partial charge >= 0.3 is 0 Å². The van der Waals surface area contributed by atoms with Crippen molar-refractivity contribution in [3.05, 3.63) is 0 Å². The van der Waals surface area contributed by atoms with Crippen LogP contribution in [-0.2, 0) is 4.79 Å². The van der Waals surface area contributed by atoms with Crippen molar-refractivity contribution in [2.45, 2.75) is 39.5 Å². The highest BCUT2D eigenvalue weighted by atomic mass is 16.1. The van der Waals surface area contributed by atoms with E-state index in [4.69, 9.17) is 6.42 Å². The van der Waals surface area contributed by atoms with Gasteiger partial charge in [-0.1, -0.05) is 20.3 Å². The Balaban J connectivity index is 3.57. The molecule has 0 aliphatic carbocycles. The first-order valence-electron chi connectivity index (χ1n) is 4.18. The zero-order valence-electron chi connectivity index (χ0n) is 7.39. The van der Waals surface area contributed by atoms with Gasteiger partial charge in [-0.25, -0.2) is 0 Å². The van der Waals surface area contributed by atoms with Gasteiger partial charge in [0.05, 0.1) is 0 Å². The van der Waals surface area contributed by atoms with Crippen LogP contribution in [0.4, 0.5) is 0 Å². The van der Waals surface area contributed by atoms with Crippen LogP contribution in [0.25, 0.3) is 0 Å². The van der Waals surface area contributed by atoms with Gasteiger partial charge in [-0.15, -0.1) is 12.3 Å². The number of ketones is 1. The van der Waals surface area contributed by atoms with E-state index in [-0.39, 0.29) is 5.92 Å². The molecule has 0 rings (SSSR count). The van der Waals surface area contributed by atoms with Crippen LogP contribution in [-0.4, -0.2) is 5.78 Å². The molecule has 1 unspecified atom stereocenters. The first kappa shape index (κ1) is 10.2. The molecule has 62 valence electrons. The lowest BCUT2D eigenvalue weighted by Crippen LogP contribution is -2.09. The van der Waals surface area contributed by atoms with Gasteiger partial charge < -0.3 is 0 Å². The predicted octanol–water partition coefficient (Wildman–Crippen LogP) is 2.41. The summed E-state index contributed by atoms with van der Waals surface area (Å²) >= 11 is 0. The molecule has 0 spiro atoms. The maximum atomic E-state index is 11.2. The van der Waals surface area contributed by atoms with Gasteiger partial charge in [0, 0.05) is 18.8 Å². The molecule has 0 aliphatic rings. The molecule has 1 heteroatoms. The summed E-state index contributed by atoms with van der Waals surface area (Å²) in [6, 6.07) is 0. The summed E-state index contributed by atoms with van der Waals surface area (Å²) in [6.45, 7) is 4.06. The molecular weight excluding hydrogens is 136 g/mol. The smallest absolute Gasteiger partial charge is 0.136 e. The molecule has 0 N–H and O–H groups in total. The average molecular weight is 152 g/mol. The lowest BCUT2D eigenvalue weighted by molar-refractivity contribution is -0.122. The second-order valence-corrected chi connectivity index (χ2v) is 2.86. The first-order chi connectivity index (χ1) is 5.22. The van der Waals surface area contributed by atoms with E-state index in [1.165, 1.54) is 0 Å². The van der Waals surface area contributed by atoms with Crippen LogP contribution < -0.4 is 0 Å². The average Bonchev–Trinajstić information content (AvgIpc) is 2.00. The Morgan fingerprint density at radius 3 is 2.73 bits per heavy atom. The molecule has 0 aromatic rings. The van der Waals surface area contributed by atoms with Crippen LogP contribution in [0.2, 0.25) is 0 Å². The van der Waals surface area contributed by atoms with E-state index >= 15 is 0 Å². The third-order valence-corrected chi connectivity index (χ3v) is 1.79. The Labute approximate surface area is 69.2 Å². The maximum absolute atomic E-state index is 11.2. The van der Waals surface area contributed by atoms with E-state index in [1.54, 1.807) is 0 Å². The van der Waals surface area contributed by atoms with Gasteiger partial charge in [0.1, 0.15) is 5.78 Å². The minimum absolute atomic E-state index is 0.202.